The number of halogens is 1. The molecule has 1 amide bonds. The zero-order valence-electron chi connectivity index (χ0n) is 13.9. The molecule has 4 nitrogen and oxygen atoms in total. The highest BCUT2D eigenvalue weighted by Gasteiger charge is 2.40. The molecule has 5 heteroatoms. The van der Waals surface area contributed by atoms with Gasteiger partial charge in [-0.3, -0.25) is 4.79 Å². The van der Waals surface area contributed by atoms with Crippen LogP contribution < -0.4 is 5.32 Å². The minimum atomic E-state index is -0.0242. The number of rotatable bonds is 2. The third-order valence-electron chi connectivity index (χ3n) is 5.76. The third kappa shape index (κ3) is 3.39. The van der Waals surface area contributed by atoms with Gasteiger partial charge in [-0.2, -0.15) is 0 Å². The SMILES string of the molecule is O=C(C1CC2CCCCC2N1)N1CCOC(c2cccc(Br)c2)C1. The topological polar surface area (TPSA) is 41.6 Å². The van der Waals surface area contributed by atoms with Gasteiger partial charge < -0.3 is 15.0 Å². The number of ether oxygens (including phenoxy) is 1. The Morgan fingerprint density at radius 3 is 3.00 bits per heavy atom. The highest BCUT2D eigenvalue weighted by Crippen LogP contribution is 2.34. The monoisotopic (exact) mass is 392 g/mol. The molecule has 130 valence electrons. The molecule has 0 aromatic heterocycles. The Bertz CT molecular complexity index is 595. The van der Waals surface area contributed by atoms with E-state index in [1.54, 1.807) is 0 Å². The predicted octanol–water partition coefficient (Wildman–Crippen LogP) is 3.27. The average Bonchev–Trinajstić information content (AvgIpc) is 3.05. The number of nitrogens with zero attached hydrogens (tertiary/aromatic N) is 1. The van der Waals surface area contributed by atoms with Gasteiger partial charge in [0.1, 0.15) is 6.10 Å². The first-order chi connectivity index (χ1) is 11.7. The minimum Gasteiger partial charge on any atom is -0.370 e. The summed E-state index contributed by atoms with van der Waals surface area (Å²) < 4.78 is 6.97. The van der Waals surface area contributed by atoms with Gasteiger partial charge in [0, 0.05) is 17.1 Å². The molecular formula is C19H25BrN2O2. The summed E-state index contributed by atoms with van der Waals surface area (Å²) in [6.45, 7) is 1.97. The molecule has 3 aliphatic rings. The molecule has 0 radical (unpaired) electrons. The third-order valence-corrected chi connectivity index (χ3v) is 6.25. The van der Waals surface area contributed by atoms with Crippen molar-refractivity contribution in [3.8, 4) is 0 Å². The molecule has 4 rings (SSSR count). The van der Waals surface area contributed by atoms with E-state index in [4.69, 9.17) is 4.74 Å². The Balaban J connectivity index is 1.41. The summed E-state index contributed by atoms with van der Waals surface area (Å²) >= 11 is 3.52. The van der Waals surface area contributed by atoms with Gasteiger partial charge in [0.05, 0.1) is 19.2 Å². The van der Waals surface area contributed by atoms with Gasteiger partial charge >= 0.3 is 0 Å². The van der Waals surface area contributed by atoms with Crippen LogP contribution in [0.2, 0.25) is 0 Å². The fourth-order valence-corrected chi connectivity index (χ4v) is 4.91. The largest absolute Gasteiger partial charge is 0.370 e. The second-order valence-corrected chi connectivity index (χ2v) is 8.22. The molecule has 1 saturated carbocycles. The summed E-state index contributed by atoms with van der Waals surface area (Å²) in [5, 5.41) is 3.61. The Hall–Kier alpha value is -0.910. The number of morpholine rings is 1. The molecule has 2 saturated heterocycles. The highest BCUT2D eigenvalue weighted by atomic mass is 79.9. The van der Waals surface area contributed by atoms with Gasteiger partial charge in [-0.05, 0) is 42.9 Å². The number of fused-ring (bicyclic) bond motifs is 1. The molecule has 1 aromatic rings. The van der Waals surface area contributed by atoms with E-state index in [9.17, 15) is 4.79 Å². The van der Waals surface area contributed by atoms with Crippen molar-refractivity contribution in [1.82, 2.24) is 10.2 Å². The van der Waals surface area contributed by atoms with E-state index in [0.29, 0.717) is 31.7 Å². The summed E-state index contributed by atoms with van der Waals surface area (Å²) in [4.78, 5) is 15.0. The Morgan fingerprint density at radius 1 is 1.29 bits per heavy atom. The summed E-state index contributed by atoms with van der Waals surface area (Å²) in [5.41, 5.74) is 1.13. The van der Waals surface area contributed by atoms with Crippen LogP contribution in [-0.2, 0) is 9.53 Å². The first kappa shape index (κ1) is 16.6. The van der Waals surface area contributed by atoms with Crippen LogP contribution in [0.1, 0.15) is 43.8 Å². The molecule has 4 unspecified atom stereocenters. The summed E-state index contributed by atoms with van der Waals surface area (Å²) in [7, 11) is 0. The van der Waals surface area contributed by atoms with Crippen molar-refractivity contribution in [2.45, 2.75) is 50.3 Å². The summed E-state index contributed by atoms with van der Waals surface area (Å²) in [5.74, 6) is 0.974. The van der Waals surface area contributed by atoms with Gasteiger partial charge in [-0.15, -0.1) is 0 Å². The maximum absolute atomic E-state index is 13.0. The lowest BCUT2D eigenvalue weighted by atomic mass is 9.85. The second-order valence-electron chi connectivity index (χ2n) is 7.30. The maximum Gasteiger partial charge on any atom is 0.239 e. The van der Waals surface area contributed by atoms with Gasteiger partial charge in [-0.1, -0.05) is 40.9 Å². The molecule has 1 N–H and O–H groups in total. The van der Waals surface area contributed by atoms with Crippen molar-refractivity contribution in [2.24, 2.45) is 5.92 Å². The standard InChI is InChI=1S/C19H25BrN2O2/c20-15-6-3-5-14(10-15)18-12-22(8-9-24-18)19(23)17-11-13-4-1-2-7-16(13)21-17/h3,5-6,10,13,16-18,21H,1-2,4,7-9,11-12H2. The van der Waals surface area contributed by atoms with E-state index in [1.165, 1.54) is 25.7 Å². The van der Waals surface area contributed by atoms with Gasteiger partial charge in [0.25, 0.3) is 0 Å². The minimum absolute atomic E-state index is 0.0133. The molecule has 2 aliphatic heterocycles. The lowest BCUT2D eigenvalue weighted by Gasteiger charge is -2.34. The molecule has 4 atom stereocenters. The molecule has 0 spiro atoms. The number of hydrogen-bond donors (Lipinski definition) is 1. The summed E-state index contributed by atoms with van der Waals surface area (Å²) in [6, 6.07) is 8.77. The van der Waals surface area contributed by atoms with Gasteiger partial charge in [0.2, 0.25) is 5.91 Å². The van der Waals surface area contributed by atoms with Crippen LogP contribution in [0.15, 0.2) is 28.7 Å². The van der Waals surface area contributed by atoms with Gasteiger partial charge in [-0.25, -0.2) is 0 Å². The predicted molar refractivity (Wildman–Crippen MR) is 96.7 cm³/mol. The molecule has 1 aromatic carbocycles. The van der Waals surface area contributed by atoms with E-state index in [1.807, 2.05) is 17.0 Å². The van der Waals surface area contributed by atoms with Crippen molar-refractivity contribution in [3.05, 3.63) is 34.3 Å². The first-order valence-corrected chi connectivity index (χ1v) is 9.92. The van der Waals surface area contributed by atoms with Crippen molar-refractivity contribution in [3.63, 3.8) is 0 Å². The van der Waals surface area contributed by atoms with E-state index >= 15 is 0 Å². The zero-order chi connectivity index (χ0) is 16.5. The smallest absolute Gasteiger partial charge is 0.239 e. The van der Waals surface area contributed by atoms with Crippen molar-refractivity contribution in [1.29, 1.82) is 0 Å². The Kier molecular flexibility index (Phi) is 4.93. The number of hydrogen-bond acceptors (Lipinski definition) is 3. The van der Waals surface area contributed by atoms with E-state index in [2.05, 4.69) is 33.4 Å². The average molecular weight is 393 g/mol. The quantitative estimate of drug-likeness (QED) is 0.839. The number of carbonyl (C=O) groups is 1. The van der Waals surface area contributed by atoms with Crippen LogP contribution in [0, 0.1) is 5.92 Å². The van der Waals surface area contributed by atoms with Crippen LogP contribution in [-0.4, -0.2) is 42.6 Å². The molecule has 24 heavy (non-hydrogen) atoms. The van der Waals surface area contributed by atoms with Crippen LogP contribution in [0.3, 0.4) is 0 Å². The van der Waals surface area contributed by atoms with Crippen molar-refractivity contribution >= 4 is 21.8 Å². The summed E-state index contributed by atoms with van der Waals surface area (Å²) in [6.07, 6.45) is 6.14. The van der Waals surface area contributed by atoms with E-state index in [-0.39, 0.29) is 18.1 Å². The zero-order valence-corrected chi connectivity index (χ0v) is 15.5. The first-order valence-electron chi connectivity index (χ1n) is 9.12. The molecule has 2 heterocycles. The maximum atomic E-state index is 13.0. The number of amides is 1. The molecular weight excluding hydrogens is 368 g/mol. The highest BCUT2D eigenvalue weighted by molar-refractivity contribution is 9.10. The Morgan fingerprint density at radius 2 is 2.17 bits per heavy atom. The van der Waals surface area contributed by atoms with E-state index in [0.717, 1.165) is 16.5 Å². The normalized spacial score (nSPS) is 33.3. The van der Waals surface area contributed by atoms with Crippen LogP contribution >= 0.6 is 15.9 Å². The van der Waals surface area contributed by atoms with Crippen LogP contribution in [0.4, 0.5) is 0 Å². The molecule has 1 aliphatic carbocycles. The number of nitrogens with one attached hydrogen (secondary N) is 1. The van der Waals surface area contributed by atoms with E-state index < -0.39 is 0 Å². The number of benzene rings is 1. The fraction of sp³-hybridized carbons (Fsp3) is 0.632. The van der Waals surface area contributed by atoms with Crippen LogP contribution in [0.25, 0.3) is 0 Å². The Labute approximate surface area is 152 Å². The van der Waals surface area contributed by atoms with Crippen molar-refractivity contribution in [2.75, 3.05) is 19.7 Å². The second kappa shape index (κ2) is 7.14. The van der Waals surface area contributed by atoms with Gasteiger partial charge in [0.15, 0.2) is 0 Å². The fourth-order valence-electron chi connectivity index (χ4n) is 4.49. The van der Waals surface area contributed by atoms with Crippen LogP contribution in [0.5, 0.6) is 0 Å². The molecule has 0 bridgehead atoms. The lowest BCUT2D eigenvalue weighted by Crippen LogP contribution is -2.50. The lowest BCUT2D eigenvalue weighted by molar-refractivity contribution is -0.141. The molecule has 3 fully saturated rings. The number of carbonyl (C=O) groups excluding carboxylic acids is 1. The van der Waals surface area contributed by atoms with Crippen molar-refractivity contribution < 1.29 is 9.53 Å².